The van der Waals surface area contributed by atoms with E-state index < -0.39 is 0 Å². The zero-order chi connectivity index (χ0) is 12.8. The minimum absolute atomic E-state index is 0.576. The molecule has 1 aromatic heterocycles. The van der Waals surface area contributed by atoms with Crippen LogP contribution in [0.15, 0.2) is 24.4 Å². The summed E-state index contributed by atoms with van der Waals surface area (Å²) < 4.78 is 0. The van der Waals surface area contributed by atoms with E-state index in [0.29, 0.717) is 6.04 Å². The molecular formula is C15H25N3. The maximum atomic E-state index is 5.92. The van der Waals surface area contributed by atoms with Crippen molar-refractivity contribution in [2.45, 2.75) is 38.6 Å². The largest absolute Gasteiger partial charge is 0.329 e. The second kappa shape index (κ2) is 6.86. The first-order valence-corrected chi connectivity index (χ1v) is 7.17. The molecule has 1 fully saturated rings. The normalized spacial score (nSPS) is 25.2. The van der Waals surface area contributed by atoms with Gasteiger partial charge in [-0.3, -0.25) is 9.88 Å². The lowest BCUT2D eigenvalue weighted by Gasteiger charge is -2.38. The van der Waals surface area contributed by atoms with E-state index in [1.54, 1.807) is 0 Å². The quantitative estimate of drug-likeness (QED) is 0.866. The van der Waals surface area contributed by atoms with Crippen molar-refractivity contribution in [3.05, 3.63) is 30.1 Å². The van der Waals surface area contributed by atoms with E-state index in [-0.39, 0.29) is 0 Å². The molecule has 1 saturated heterocycles. The van der Waals surface area contributed by atoms with E-state index >= 15 is 0 Å². The van der Waals surface area contributed by atoms with Gasteiger partial charge in [-0.2, -0.15) is 0 Å². The summed E-state index contributed by atoms with van der Waals surface area (Å²) in [6.07, 6.45) is 6.81. The van der Waals surface area contributed by atoms with Gasteiger partial charge in [0, 0.05) is 37.4 Å². The molecule has 3 heteroatoms. The molecule has 2 rings (SSSR count). The van der Waals surface area contributed by atoms with Gasteiger partial charge in [-0.25, -0.2) is 0 Å². The van der Waals surface area contributed by atoms with E-state index in [0.717, 1.165) is 25.4 Å². The predicted octanol–water partition coefficient (Wildman–Crippen LogP) is 2.07. The van der Waals surface area contributed by atoms with E-state index in [2.05, 4.69) is 28.9 Å². The van der Waals surface area contributed by atoms with Gasteiger partial charge < -0.3 is 5.73 Å². The van der Waals surface area contributed by atoms with Crippen LogP contribution < -0.4 is 5.73 Å². The molecule has 0 amide bonds. The van der Waals surface area contributed by atoms with E-state index in [1.807, 2.05) is 12.3 Å². The first-order chi connectivity index (χ1) is 8.83. The lowest BCUT2D eigenvalue weighted by Crippen LogP contribution is -2.47. The third-order valence-corrected chi connectivity index (χ3v) is 4.18. The van der Waals surface area contributed by atoms with Gasteiger partial charge in [0.05, 0.1) is 0 Å². The van der Waals surface area contributed by atoms with Gasteiger partial charge >= 0.3 is 0 Å². The molecule has 0 aromatic carbocycles. The summed E-state index contributed by atoms with van der Waals surface area (Å²) in [5, 5.41) is 0. The SMILES string of the molecule is CCC1CCN(CCc2ccccn2)C(CN)C1. The van der Waals surface area contributed by atoms with Crippen LogP contribution >= 0.6 is 0 Å². The van der Waals surface area contributed by atoms with E-state index in [1.165, 1.54) is 31.5 Å². The number of aromatic nitrogens is 1. The van der Waals surface area contributed by atoms with Crippen LogP contribution in [0.2, 0.25) is 0 Å². The lowest BCUT2D eigenvalue weighted by atomic mass is 9.89. The summed E-state index contributed by atoms with van der Waals surface area (Å²) in [6, 6.07) is 6.72. The Morgan fingerprint density at radius 1 is 1.44 bits per heavy atom. The molecule has 2 unspecified atom stereocenters. The number of piperidine rings is 1. The molecule has 100 valence electrons. The van der Waals surface area contributed by atoms with Crippen LogP contribution in [0.3, 0.4) is 0 Å². The maximum Gasteiger partial charge on any atom is 0.0416 e. The van der Waals surface area contributed by atoms with Crippen molar-refractivity contribution in [3.63, 3.8) is 0 Å². The van der Waals surface area contributed by atoms with Crippen LogP contribution in [0.25, 0.3) is 0 Å². The molecule has 2 atom stereocenters. The van der Waals surface area contributed by atoms with E-state index in [4.69, 9.17) is 5.73 Å². The minimum Gasteiger partial charge on any atom is -0.329 e. The van der Waals surface area contributed by atoms with E-state index in [9.17, 15) is 0 Å². The molecule has 0 spiro atoms. The van der Waals surface area contributed by atoms with Gasteiger partial charge in [-0.1, -0.05) is 19.4 Å². The number of likely N-dealkylation sites (tertiary alicyclic amines) is 1. The summed E-state index contributed by atoms with van der Waals surface area (Å²) in [6.45, 7) is 5.38. The average molecular weight is 247 g/mol. The van der Waals surface area contributed by atoms with Crippen LogP contribution in [0, 0.1) is 5.92 Å². The summed E-state index contributed by atoms with van der Waals surface area (Å²) in [4.78, 5) is 6.94. The molecule has 18 heavy (non-hydrogen) atoms. The monoisotopic (exact) mass is 247 g/mol. The molecule has 3 nitrogen and oxygen atoms in total. The number of nitrogens with two attached hydrogens (primary N) is 1. The van der Waals surface area contributed by atoms with Gasteiger partial charge in [0.25, 0.3) is 0 Å². The highest BCUT2D eigenvalue weighted by Crippen LogP contribution is 2.24. The highest BCUT2D eigenvalue weighted by atomic mass is 15.2. The Labute approximate surface area is 110 Å². The van der Waals surface area contributed by atoms with Crippen LogP contribution in [-0.2, 0) is 6.42 Å². The molecule has 2 heterocycles. The number of hydrogen-bond donors (Lipinski definition) is 1. The fourth-order valence-corrected chi connectivity index (χ4v) is 2.90. The van der Waals surface area contributed by atoms with Crippen LogP contribution in [0.1, 0.15) is 31.9 Å². The Hall–Kier alpha value is -0.930. The number of hydrogen-bond acceptors (Lipinski definition) is 3. The Balaban J connectivity index is 1.85. The first-order valence-electron chi connectivity index (χ1n) is 7.17. The summed E-state index contributed by atoms with van der Waals surface area (Å²) in [5.41, 5.74) is 7.11. The molecule has 0 aliphatic carbocycles. The average Bonchev–Trinajstić information content (AvgIpc) is 2.46. The van der Waals surface area contributed by atoms with Crippen molar-refractivity contribution in [2.24, 2.45) is 11.7 Å². The Morgan fingerprint density at radius 2 is 2.33 bits per heavy atom. The number of nitrogens with zero attached hydrogens (tertiary/aromatic N) is 2. The van der Waals surface area contributed by atoms with Gasteiger partial charge in [0.2, 0.25) is 0 Å². The second-order valence-electron chi connectivity index (χ2n) is 5.30. The van der Waals surface area contributed by atoms with Gasteiger partial charge in [0.1, 0.15) is 0 Å². The van der Waals surface area contributed by atoms with Crippen molar-refractivity contribution in [1.82, 2.24) is 9.88 Å². The van der Waals surface area contributed by atoms with Crippen molar-refractivity contribution in [1.29, 1.82) is 0 Å². The summed E-state index contributed by atoms with van der Waals surface area (Å²) in [5.74, 6) is 0.879. The number of rotatable bonds is 5. The summed E-state index contributed by atoms with van der Waals surface area (Å²) >= 11 is 0. The van der Waals surface area contributed by atoms with Gasteiger partial charge in [-0.05, 0) is 37.4 Å². The topological polar surface area (TPSA) is 42.2 Å². The van der Waals surface area contributed by atoms with Crippen molar-refractivity contribution >= 4 is 0 Å². The van der Waals surface area contributed by atoms with Gasteiger partial charge in [0.15, 0.2) is 0 Å². The Bertz CT molecular complexity index is 339. The third-order valence-electron chi connectivity index (χ3n) is 4.18. The molecule has 1 aliphatic rings. The van der Waals surface area contributed by atoms with Crippen molar-refractivity contribution in [2.75, 3.05) is 19.6 Å². The predicted molar refractivity (Wildman–Crippen MR) is 75.4 cm³/mol. The molecule has 1 aliphatic heterocycles. The maximum absolute atomic E-state index is 5.92. The Morgan fingerprint density at radius 3 is 3.00 bits per heavy atom. The lowest BCUT2D eigenvalue weighted by molar-refractivity contribution is 0.116. The van der Waals surface area contributed by atoms with Crippen LogP contribution in [0.4, 0.5) is 0 Å². The highest BCUT2D eigenvalue weighted by molar-refractivity contribution is 5.04. The van der Waals surface area contributed by atoms with Crippen LogP contribution in [-0.4, -0.2) is 35.6 Å². The first kappa shape index (κ1) is 13.5. The van der Waals surface area contributed by atoms with Crippen LogP contribution in [0.5, 0.6) is 0 Å². The minimum atomic E-state index is 0.576. The zero-order valence-electron chi connectivity index (χ0n) is 11.4. The van der Waals surface area contributed by atoms with Crippen molar-refractivity contribution in [3.8, 4) is 0 Å². The third kappa shape index (κ3) is 3.53. The Kier molecular flexibility index (Phi) is 5.14. The smallest absolute Gasteiger partial charge is 0.0416 e. The molecule has 0 bridgehead atoms. The standard InChI is InChI=1S/C15H25N3/c1-2-13-6-9-18(15(11-13)12-16)10-7-14-5-3-4-8-17-14/h3-5,8,13,15H,2,6-7,9-12,16H2,1H3. The molecule has 0 saturated carbocycles. The van der Waals surface area contributed by atoms with Crippen molar-refractivity contribution < 1.29 is 0 Å². The molecule has 0 radical (unpaired) electrons. The summed E-state index contributed by atoms with van der Waals surface area (Å²) in [7, 11) is 0. The van der Waals surface area contributed by atoms with Gasteiger partial charge in [-0.15, -0.1) is 0 Å². The fourth-order valence-electron chi connectivity index (χ4n) is 2.90. The zero-order valence-corrected chi connectivity index (χ0v) is 11.4. The molecule has 2 N–H and O–H groups in total. The second-order valence-corrected chi connectivity index (χ2v) is 5.30. The number of pyridine rings is 1. The highest BCUT2D eigenvalue weighted by Gasteiger charge is 2.26. The molecular weight excluding hydrogens is 222 g/mol. The fraction of sp³-hybridized carbons (Fsp3) is 0.667. The molecule has 1 aromatic rings.